The zero-order chi connectivity index (χ0) is 24.6. The SMILES string of the molecule is CNc1cc(Nc2cccn(-c3ccccn3)c2=O)nc2c(C(=O)N[C@H]3CC[C@]3(C)OC)cnn12. The molecule has 2 atom stereocenters. The molecule has 0 spiro atoms. The van der Waals surface area contributed by atoms with E-state index in [1.54, 1.807) is 61.4 Å². The van der Waals surface area contributed by atoms with Gasteiger partial charge in [0.15, 0.2) is 5.65 Å². The number of nitrogens with one attached hydrogen (secondary N) is 3. The van der Waals surface area contributed by atoms with E-state index in [0.717, 1.165) is 12.8 Å². The highest BCUT2D eigenvalue weighted by atomic mass is 16.5. The lowest BCUT2D eigenvalue weighted by atomic mass is 9.76. The monoisotopic (exact) mass is 474 g/mol. The van der Waals surface area contributed by atoms with Gasteiger partial charge in [-0.1, -0.05) is 6.07 Å². The van der Waals surface area contributed by atoms with Crippen molar-refractivity contribution in [2.24, 2.45) is 0 Å². The minimum Gasteiger partial charge on any atom is -0.376 e. The van der Waals surface area contributed by atoms with Crippen LogP contribution in [0.2, 0.25) is 0 Å². The molecule has 0 bridgehead atoms. The number of aromatic nitrogens is 5. The zero-order valence-corrected chi connectivity index (χ0v) is 19.6. The van der Waals surface area contributed by atoms with Crippen LogP contribution in [0.1, 0.15) is 30.1 Å². The predicted octanol–water partition coefficient (Wildman–Crippen LogP) is 2.36. The van der Waals surface area contributed by atoms with Crippen LogP contribution >= 0.6 is 0 Å². The number of amides is 1. The lowest BCUT2D eigenvalue weighted by molar-refractivity contribution is -0.0828. The average Bonchev–Trinajstić information content (AvgIpc) is 3.31. The van der Waals surface area contributed by atoms with E-state index in [9.17, 15) is 9.59 Å². The third-order valence-corrected chi connectivity index (χ3v) is 6.52. The molecule has 0 aromatic carbocycles. The molecule has 4 aromatic heterocycles. The summed E-state index contributed by atoms with van der Waals surface area (Å²) >= 11 is 0. The van der Waals surface area contributed by atoms with E-state index >= 15 is 0 Å². The number of carbonyl (C=O) groups excluding carboxylic acids is 1. The van der Waals surface area contributed by atoms with Gasteiger partial charge >= 0.3 is 0 Å². The van der Waals surface area contributed by atoms with E-state index in [4.69, 9.17) is 4.74 Å². The fraction of sp³-hybridized carbons (Fsp3) is 0.292. The lowest BCUT2D eigenvalue weighted by Crippen LogP contribution is -2.59. The van der Waals surface area contributed by atoms with Crippen molar-refractivity contribution in [2.75, 3.05) is 24.8 Å². The quantitative estimate of drug-likeness (QED) is 0.373. The molecule has 1 amide bonds. The highest BCUT2D eigenvalue weighted by molar-refractivity contribution is 6.00. The Kier molecular flexibility index (Phi) is 5.69. The summed E-state index contributed by atoms with van der Waals surface area (Å²) in [6.07, 6.45) is 6.49. The van der Waals surface area contributed by atoms with Crippen LogP contribution < -0.4 is 21.5 Å². The van der Waals surface area contributed by atoms with Crippen molar-refractivity contribution < 1.29 is 9.53 Å². The molecule has 0 unspecified atom stereocenters. The Morgan fingerprint density at radius 2 is 2.11 bits per heavy atom. The lowest BCUT2D eigenvalue weighted by Gasteiger charge is -2.45. The number of hydrogen-bond donors (Lipinski definition) is 3. The normalized spacial score (nSPS) is 19.2. The van der Waals surface area contributed by atoms with Crippen LogP contribution in [-0.4, -0.2) is 55.9 Å². The van der Waals surface area contributed by atoms with Gasteiger partial charge in [-0.05, 0) is 44.0 Å². The molecular weight excluding hydrogens is 448 g/mol. The standard InChI is InChI=1S/C24H26N8O3/c1-24(35-3)10-9-17(24)29-22(33)15-14-27-32-20(25-2)13-18(30-21(15)32)28-16-7-6-12-31(23(16)34)19-8-4-5-11-26-19/h4-8,11-14,17,25H,9-10H2,1-3H3,(H,28,30)(H,29,33)/t17-,24-/m0/s1. The Labute approximate surface area is 201 Å². The summed E-state index contributed by atoms with van der Waals surface area (Å²) in [6.45, 7) is 1.98. The van der Waals surface area contributed by atoms with Crippen LogP contribution in [-0.2, 0) is 4.74 Å². The molecule has 180 valence electrons. The molecule has 1 fully saturated rings. The number of carbonyl (C=O) groups is 1. The van der Waals surface area contributed by atoms with Crippen LogP contribution in [0.3, 0.4) is 0 Å². The number of rotatable bonds is 7. The summed E-state index contributed by atoms with van der Waals surface area (Å²) in [5.74, 6) is 1.21. The Morgan fingerprint density at radius 1 is 1.26 bits per heavy atom. The van der Waals surface area contributed by atoms with Gasteiger partial charge in [0, 0.05) is 32.6 Å². The van der Waals surface area contributed by atoms with Gasteiger partial charge in [0.25, 0.3) is 11.5 Å². The molecule has 1 aliphatic carbocycles. The van der Waals surface area contributed by atoms with Gasteiger partial charge in [0.05, 0.1) is 17.8 Å². The summed E-state index contributed by atoms with van der Waals surface area (Å²) in [7, 11) is 3.40. The molecule has 0 saturated heterocycles. The molecular formula is C24H26N8O3. The molecule has 0 aliphatic heterocycles. The van der Waals surface area contributed by atoms with E-state index in [2.05, 4.69) is 31.0 Å². The largest absolute Gasteiger partial charge is 0.376 e. The van der Waals surface area contributed by atoms with Crippen molar-refractivity contribution in [3.05, 3.63) is 70.9 Å². The molecule has 5 rings (SSSR count). The van der Waals surface area contributed by atoms with Gasteiger partial charge in [0.2, 0.25) is 0 Å². The number of anilines is 3. The third kappa shape index (κ3) is 3.99. The highest BCUT2D eigenvalue weighted by Crippen LogP contribution is 2.35. The number of hydrogen-bond acceptors (Lipinski definition) is 8. The summed E-state index contributed by atoms with van der Waals surface area (Å²) in [5, 5.41) is 13.5. The Balaban J connectivity index is 1.48. The van der Waals surface area contributed by atoms with E-state index in [1.165, 1.54) is 10.8 Å². The summed E-state index contributed by atoms with van der Waals surface area (Å²) in [5.41, 5.74) is 0.336. The maximum Gasteiger partial charge on any atom is 0.279 e. The van der Waals surface area contributed by atoms with Gasteiger partial charge in [-0.25, -0.2) is 9.97 Å². The molecule has 1 saturated carbocycles. The molecule has 0 radical (unpaired) electrons. The van der Waals surface area contributed by atoms with Gasteiger partial charge in [-0.3, -0.25) is 14.2 Å². The Hall–Kier alpha value is -4.25. The maximum atomic E-state index is 13.1. The first-order valence-corrected chi connectivity index (χ1v) is 11.3. The summed E-state index contributed by atoms with van der Waals surface area (Å²) in [4.78, 5) is 35.0. The molecule has 11 heteroatoms. The second-order valence-electron chi connectivity index (χ2n) is 8.56. The number of methoxy groups -OCH3 is 1. The maximum absolute atomic E-state index is 13.1. The number of pyridine rings is 2. The van der Waals surface area contributed by atoms with Crippen LogP contribution in [0.15, 0.2) is 59.8 Å². The zero-order valence-electron chi connectivity index (χ0n) is 19.6. The van der Waals surface area contributed by atoms with Crippen LogP contribution in [0.4, 0.5) is 17.3 Å². The molecule has 1 aliphatic rings. The van der Waals surface area contributed by atoms with Gasteiger partial charge in [-0.2, -0.15) is 9.61 Å². The van der Waals surface area contributed by atoms with Crippen molar-refractivity contribution in [3.63, 3.8) is 0 Å². The minimum atomic E-state index is -0.379. The average molecular weight is 475 g/mol. The van der Waals surface area contributed by atoms with Crippen LogP contribution in [0, 0.1) is 0 Å². The molecule has 4 heterocycles. The van der Waals surface area contributed by atoms with Crippen molar-refractivity contribution in [3.8, 4) is 5.82 Å². The van der Waals surface area contributed by atoms with Gasteiger partial charge in [-0.15, -0.1) is 0 Å². The fourth-order valence-corrected chi connectivity index (χ4v) is 4.17. The van der Waals surface area contributed by atoms with E-state index < -0.39 is 0 Å². The molecule has 4 aromatic rings. The third-order valence-electron chi connectivity index (χ3n) is 6.52. The second kappa shape index (κ2) is 8.84. The smallest absolute Gasteiger partial charge is 0.279 e. The van der Waals surface area contributed by atoms with Crippen LogP contribution in [0.25, 0.3) is 11.5 Å². The molecule has 3 N–H and O–H groups in total. The number of nitrogens with zero attached hydrogens (tertiary/aromatic N) is 5. The fourth-order valence-electron chi connectivity index (χ4n) is 4.17. The van der Waals surface area contributed by atoms with Crippen molar-refractivity contribution in [1.29, 1.82) is 0 Å². The van der Waals surface area contributed by atoms with Crippen molar-refractivity contribution in [1.82, 2.24) is 29.5 Å². The van der Waals surface area contributed by atoms with Crippen molar-refractivity contribution in [2.45, 2.75) is 31.4 Å². The van der Waals surface area contributed by atoms with Gasteiger partial charge in [0.1, 0.15) is 28.7 Å². The van der Waals surface area contributed by atoms with E-state index in [-0.39, 0.29) is 23.1 Å². The van der Waals surface area contributed by atoms with E-state index in [1.807, 2.05) is 13.0 Å². The minimum absolute atomic E-state index is 0.0885. The Bertz CT molecular complexity index is 1440. The second-order valence-corrected chi connectivity index (χ2v) is 8.56. The topological polar surface area (TPSA) is 127 Å². The predicted molar refractivity (Wildman–Crippen MR) is 132 cm³/mol. The Morgan fingerprint density at radius 3 is 2.80 bits per heavy atom. The van der Waals surface area contributed by atoms with Crippen molar-refractivity contribution >= 4 is 28.9 Å². The van der Waals surface area contributed by atoms with Gasteiger partial charge < -0.3 is 20.7 Å². The first-order chi connectivity index (χ1) is 16.9. The molecule has 35 heavy (non-hydrogen) atoms. The summed E-state index contributed by atoms with van der Waals surface area (Å²) < 4.78 is 8.56. The first kappa shape index (κ1) is 22.5. The molecule has 11 nitrogen and oxygen atoms in total. The summed E-state index contributed by atoms with van der Waals surface area (Å²) in [6, 6.07) is 10.4. The van der Waals surface area contributed by atoms with E-state index in [0.29, 0.717) is 34.4 Å². The number of fused-ring (bicyclic) bond motifs is 1. The van der Waals surface area contributed by atoms with Crippen LogP contribution in [0.5, 0.6) is 0 Å². The number of ether oxygens (including phenoxy) is 1. The first-order valence-electron chi connectivity index (χ1n) is 11.3. The highest BCUT2D eigenvalue weighted by Gasteiger charge is 2.44.